The van der Waals surface area contributed by atoms with Crippen LogP contribution >= 0.6 is 0 Å². The quantitative estimate of drug-likeness (QED) is 0.776. The van der Waals surface area contributed by atoms with E-state index < -0.39 is 12.0 Å². The van der Waals surface area contributed by atoms with Gasteiger partial charge in [0.05, 0.1) is 0 Å². The van der Waals surface area contributed by atoms with E-state index in [1.54, 1.807) is 4.90 Å². The molecule has 0 aromatic heterocycles. The molecule has 2 saturated heterocycles. The second kappa shape index (κ2) is 5.16. The third-order valence-corrected chi connectivity index (χ3v) is 4.19. The fourth-order valence-corrected chi connectivity index (χ4v) is 2.99. The van der Waals surface area contributed by atoms with Gasteiger partial charge in [-0.05, 0) is 38.5 Å². The molecule has 3 atom stereocenters. The van der Waals surface area contributed by atoms with Crippen molar-refractivity contribution in [2.75, 3.05) is 13.1 Å². The summed E-state index contributed by atoms with van der Waals surface area (Å²) in [7, 11) is 0. The summed E-state index contributed by atoms with van der Waals surface area (Å²) in [6.07, 6.45) is 3.52. The number of amides is 2. The Kier molecular flexibility index (Phi) is 3.78. The van der Waals surface area contributed by atoms with Gasteiger partial charge in [-0.15, -0.1) is 0 Å². The van der Waals surface area contributed by atoms with Gasteiger partial charge in [0.25, 0.3) is 0 Å². The molecular formula is C13H22N2O3. The van der Waals surface area contributed by atoms with Crippen molar-refractivity contribution in [2.45, 2.75) is 51.6 Å². The van der Waals surface area contributed by atoms with Crippen LogP contribution in [0.15, 0.2) is 0 Å². The fraction of sp³-hybridized carbons (Fsp3) is 0.846. The molecule has 2 heterocycles. The Balaban J connectivity index is 2.09. The summed E-state index contributed by atoms with van der Waals surface area (Å²) in [4.78, 5) is 27.1. The molecule has 2 aliphatic rings. The zero-order valence-electron chi connectivity index (χ0n) is 11.1. The van der Waals surface area contributed by atoms with E-state index in [4.69, 9.17) is 0 Å². The van der Waals surface area contributed by atoms with Crippen molar-refractivity contribution in [3.05, 3.63) is 0 Å². The average molecular weight is 254 g/mol. The molecule has 18 heavy (non-hydrogen) atoms. The third kappa shape index (κ3) is 2.44. The van der Waals surface area contributed by atoms with Gasteiger partial charge in [0.15, 0.2) is 0 Å². The van der Waals surface area contributed by atoms with Crippen LogP contribution in [0.25, 0.3) is 0 Å². The normalized spacial score (nSPS) is 32.7. The molecule has 0 bridgehead atoms. The molecule has 1 N–H and O–H groups in total. The van der Waals surface area contributed by atoms with Crippen LogP contribution in [0.2, 0.25) is 0 Å². The summed E-state index contributed by atoms with van der Waals surface area (Å²) in [5.41, 5.74) is 0. The predicted octanol–water partition coefficient (Wildman–Crippen LogP) is 1.78. The molecule has 102 valence electrons. The van der Waals surface area contributed by atoms with Gasteiger partial charge < -0.3 is 14.9 Å². The maximum atomic E-state index is 12.4. The van der Waals surface area contributed by atoms with Gasteiger partial charge in [0.1, 0.15) is 6.04 Å². The SMILES string of the molecule is CC1CCN(C(=O)N2CCCC2C)C(C(=O)O)C1. The topological polar surface area (TPSA) is 60.9 Å². The summed E-state index contributed by atoms with van der Waals surface area (Å²) in [5, 5.41) is 9.27. The van der Waals surface area contributed by atoms with E-state index >= 15 is 0 Å². The minimum atomic E-state index is -0.873. The zero-order chi connectivity index (χ0) is 13.3. The number of rotatable bonds is 1. The lowest BCUT2D eigenvalue weighted by molar-refractivity contribution is -0.144. The highest BCUT2D eigenvalue weighted by Gasteiger charge is 2.38. The lowest BCUT2D eigenvalue weighted by Gasteiger charge is -2.39. The van der Waals surface area contributed by atoms with Crippen molar-refractivity contribution >= 4 is 12.0 Å². The molecule has 2 amide bonds. The van der Waals surface area contributed by atoms with Crippen molar-refractivity contribution in [2.24, 2.45) is 5.92 Å². The summed E-state index contributed by atoms with van der Waals surface area (Å²) in [5.74, 6) is -0.493. The van der Waals surface area contributed by atoms with E-state index in [-0.39, 0.29) is 12.1 Å². The number of nitrogens with zero attached hydrogens (tertiary/aromatic N) is 2. The molecule has 2 aliphatic heterocycles. The Hall–Kier alpha value is -1.26. The van der Waals surface area contributed by atoms with Gasteiger partial charge in [-0.1, -0.05) is 6.92 Å². The van der Waals surface area contributed by atoms with Crippen molar-refractivity contribution in [3.8, 4) is 0 Å². The minimum Gasteiger partial charge on any atom is -0.480 e. The minimum absolute atomic E-state index is 0.0840. The van der Waals surface area contributed by atoms with E-state index in [1.165, 1.54) is 0 Å². The predicted molar refractivity (Wildman–Crippen MR) is 67.3 cm³/mol. The van der Waals surface area contributed by atoms with Gasteiger partial charge >= 0.3 is 12.0 Å². The average Bonchev–Trinajstić information content (AvgIpc) is 2.74. The monoisotopic (exact) mass is 254 g/mol. The van der Waals surface area contributed by atoms with Crippen molar-refractivity contribution in [1.82, 2.24) is 9.80 Å². The van der Waals surface area contributed by atoms with Crippen LogP contribution < -0.4 is 0 Å². The molecule has 3 unspecified atom stereocenters. The van der Waals surface area contributed by atoms with Crippen LogP contribution in [-0.2, 0) is 4.79 Å². The maximum Gasteiger partial charge on any atom is 0.326 e. The van der Waals surface area contributed by atoms with Crippen molar-refractivity contribution in [3.63, 3.8) is 0 Å². The molecule has 0 aromatic carbocycles. The fourth-order valence-electron chi connectivity index (χ4n) is 2.99. The number of urea groups is 1. The first kappa shape index (κ1) is 13.2. The van der Waals surface area contributed by atoms with Gasteiger partial charge in [-0.2, -0.15) is 0 Å². The molecule has 2 rings (SSSR count). The summed E-state index contributed by atoms with van der Waals surface area (Å²) in [6, 6.07) is -0.486. The summed E-state index contributed by atoms with van der Waals surface area (Å²) >= 11 is 0. The smallest absolute Gasteiger partial charge is 0.326 e. The first-order chi connectivity index (χ1) is 8.50. The Bertz CT molecular complexity index is 345. The molecule has 0 aromatic rings. The molecule has 5 heteroatoms. The van der Waals surface area contributed by atoms with Crippen molar-refractivity contribution in [1.29, 1.82) is 0 Å². The number of carbonyl (C=O) groups is 2. The van der Waals surface area contributed by atoms with E-state index in [2.05, 4.69) is 6.92 Å². The highest BCUT2D eigenvalue weighted by atomic mass is 16.4. The summed E-state index contributed by atoms with van der Waals surface area (Å²) in [6.45, 7) is 5.42. The van der Waals surface area contributed by atoms with Gasteiger partial charge in [-0.3, -0.25) is 0 Å². The first-order valence-electron chi connectivity index (χ1n) is 6.80. The second-order valence-electron chi connectivity index (χ2n) is 5.64. The number of hydrogen-bond acceptors (Lipinski definition) is 2. The molecule has 5 nitrogen and oxygen atoms in total. The van der Waals surface area contributed by atoms with E-state index in [1.807, 2.05) is 11.8 Å². The lowest BCUT2D eigenvalue weighted by Crippen LogP contribution is -2.54. The van der Waals surface area contributed by atoms with Gasteiger partial charge in [0.2, 0.25) is 0 Å². The number of carboxylic acids is 1. The number of hydrogen-bond donors (Lipinski definition) is 1. The zero-order valence-corrected chi connectivity index (χ0v) is 11.1. The maximum absolute atomic E-state index is 12.4. The molecule has 0 saturated carbocycles. The molecular weight excluding hydrogens is 232 g/mol. The number of piperidine rings is 1. The number of carboxylic acid groups (broad SMARTS) is 1. The van der Waals surface area contributed by atoms with Crippen LogP contribution in [0.3, 0.4) is 0 Å². The van der Waals surface area contributed by atoms with E-state index in [0.717, 1.165) is 25.8 Å². The third-order valence-electron chi connectivity index (χ3n) is 4.19. The Morgan fingerprint density at radius 3 is 2.39 bits per heavy atom. The van der Waals surface area contributed by atoms with Crippen LogP contribution in [-0.4, -0.2) is 52.1 Å². The van der Waals surface area contributed by atoms with Crippen LogP contribution in [0.4, 0.5) is 4.79 Å². The Morgan fingerprint density at radius 2 is 1.83 bits per heavy atom. The van der Waals surface area contributed by atoms with Crippen LogP contribution in [0.5, 0.6) is 0 Å². The summed E-state index contributed by atoms with van der Waals surface area (Å²) < 4.78 is 0. The number of carbonyl (C=O) groups excluding carboxylic acids is 1. The first-order valence-corrected chi connectivity index (χ1v) is 6.80. The number of aliphatic carboxylic acids is 1. The number of likely N-dealkylation sites (tertiary alicyclic amines) is 2. The second-order valence-corrected chi connectivity index (χ2v) is 5.64. The standard InChI is InChI=1S/C13H22N2O3/c1-9-5-7-15(11(8-9)12(16)17)13(18)14-6-3-4-10(14)2/h9-11H,3-8H2,1-2H3,(H,16,17). The highest BCUT2D eigenvalue weighted by Crippen LogP contribution is 2.26. The van der Waals surface area contributed by atoms with E-state index in [0.29, 0.717) is 18.9 Å². The molecule has 0 aliphatic carbocycles. The van der Waals surface area contributed by atoms with Crippen molar-refractivity contribution < 1.29 is 14.7 Å². The van der Waals surface area contributed by atoms with Gasteiger partial charge in [0, 0.05) is 19.1 Å². The van der Waals surface area contributed by atoms with Crippen LogP contribution in [0, 0.1) is 5.92 Å². The highest BCUT2D eigenvalue weighted by molar-refractivity contribution is 5.83. The van der Waals surface area contributed by atoms with E-state index in [9.17, 15) is 14.7 Å². The molecule has 0 radical (unpaired) electrons. The van der Waals surface area contributed by atoms with Crippen LogP contribution in [0.1, 0.15) is 39.5 Å². The molecule has 2 fully saturated rings. The molecule has 0 spiro atoms. The van der Waals surface area contributed by atoms with Gasteiger partial charge in [-0.25, -0.2) is 9.59 Å². The Labute approximate surface area is 108 Å². The Morgan fingerprint density at radius 1 is 1.11 bits per heavy atom. The lowest BCUT2D eigenvalue weighted by atomic mass is 9.92. The largest absolute Gasteiger partial charge is 0.480 e.